The maximum absolute atomic E-state index is 12.0. The van der Waals surface area contributed by atoms with Crippen molar-refractivity contribution in [2.45, 2.75) is 26.2 Å². The average Bonchev–Trinajstić information content (AvgIpc) is 2.70. The summed E-state index contributed by atoms with van der Waals surface area (Å²) in [7, 11) is 4.65. The summed E-state index contributed by atoms with van der Waals surface area (Å²) >= 11 is 0. The molecule has 27 heavy (non-hydrogen) atoms. The number of nitrogens with one attached hydrogen (secondary N) is 2. The predicted octanol–water partition coefficient (Wildman–Crippen LogP) is 3.17. The molecule has 1 aromatic carbocycles. The number of amides is 1. The summed E-state index contributed by atoms with van der Waals surface area (Å²) in [4.78, 5) is 12.0. The Bertz CT molecular complexity index is 725. The molecule has 0 unspecified atom stereocenters. The Hall–Kier alpha value is -3.03. The molecule has 1 amide bonds. The molecule has 0 saturated heterocycles. The molecule has 0 fully saturated rings. The lowest BCUT2D eigenvalue weighted by molar-refractivity contribution is 0.0947. The van der Waals surface area contributed by atoms with Crippen molar-refractivity contribution in [1.82, 2.24) is 15.5 Å². The first-order chi connectivity index (χ1) is 13.1. The number of anilines is 2. The minimum absolute atomic E-state index is 0.224. The van der Waals surface area contributed by atoms with Gasteiger partial charge in [0.05, 0.1) is 21.3 Å². The summed E-state index contributed by atoms with van der Waals surface area (Å²) in [6.45, 7) is 2.76. The molecule has 0 radical (unpaired) electrons. The van der Waals surface area contributed by atoms with E-state index >= 15 is 0 Å². The number of aromatic nitrogens is 2. The minimum Gasteiger partial charge on any atom is -0.493 e. The number of ether oxygens (including phenoxy) is 3. The standard InChI is InChI=1S/C19H26N4O4/c1-5-6-7-10-20-19(24)14-8-9-17(23-22-14)21-13-11-15(25-2)18(27-4)16(12-13)26-3/h8-9,11-12H,5-7,10H2,1-4H3,(H,20,24)(H,21,23). The summed E-state index contributed by atoms with van der Waals surface area (Å²) in [5.41, 5.74) is 0.970. The highest BCUT2D eigenvalue weighted by molar-refractivity contribution is 5.92. The normalized spacial score (nSPS) is 10.2. The van der Waals surface area contributed by atoms with Crippen molar-refractivity contribution in [2.24, 2.45) is 0 Å². The van der Waals surface area contributed by atoms with Gasteiger partial charge in [0.15, 0.2) is 23.0 Å². The molecule has 0 atom stereocenters. The maximum atomic E-state index is 12.0. The topological polar surface area (TPSA) is 94.6 Å². The molecule has 8 heteroatoms. The Kier molecular flexibility index (Phi) is 7.66. The zero-order chi connectivity index (χ0) is 19.6. The second kappa shape index (κ2) is 10.2. The van der Waals surface area contributed by atoms with Crippen LogP contribution in [0.3, 0.4) is 0 Å². The van der Waals surface area contributed by atoms with Gasteiger partial charge in [-0.05, 0) is 18.6 Å². The van der Waals surface area contributed by atoms with Crippen LogP contribution in [0.4, 0.5) is 11.5 Å². The summed E-state index contributed by atoms with van der Waals surface area (Å²) in [6.07, 6.45) is 3.15. The van der Waals surface area contributed by atoms with Crippen LogP contribution in [0, 0.1) is 0 Å². The van der Waals surface area contributed by atoms with E-state index in [1.54, 1.807) is 45.6 Å². The Morgan fingerprint density at radius 1 is 1.00 bits per heavy atom. The van der Waals surface area contributed by atoms with Gasteiger partial charge in [0, 0.05) is 24.4 Å². The van der Waals surface area contributed by atoms with Gasteiger partial charge in [0.25, 0.3) is 5.91 Å². The first-order valence-electron chi connectivity index (χ1n) is 8.81. The van der Waals surface area contributed by atoms with Crippen LogP contribution < -0.4 is 24.8 Å². The smallest absolute Gasteiger partial charge is 0.271 e. The third-order valence-corrected chi connectivity index (χ3v) is 3.90. The second-order valence-corrected chi connectivity index (χ2v) is 5.81. The molecule has 2 N–H and O–H groups in total. The summed E-state index contributed by atoms with van der Waals surface area (Å²) in [6, 6.07) is 6.84. The van der Waals surface area contributed by atoms with Crippen LogP contribution in [0.1, 0.15) is 36.7 Å². The first kappa shape index (κ1) is 20.3. The van der Waals surface area contributed by atoms with E-state index in [9.17, 15) is 4.79 Å². The molecule has 8 nitrogen and oxygen atoms in total. The SMILES string of the molecule is CCCCCNC(=O)c1ccc(Nc2cc(OC)c(OC)c(OC)c2)nn1. The van der Waals surface area contributed by atoms with Crippen molar-refractivity contribution in [1.29, 1.82) is 0 Å². The Balaban J connectivity index is 2.07. The molecule has 1 aromatic heterocycles. The van der Waals surface area contributed by atoms with E-state index in [-0.39, 0.29) is 11.6 Å². The molecule has 0 aliphatic carbocycles. The molecule has 146 valence electrons. The lowest BCUT2D eigenvalue weighted by Crippen LogP contribution is -2.25. The van der Waals surface area contributed by atoms with Crippen molar-refractivity contribution in [2.75, 3.05) is 33.2 Å². The number of hydrogen-bond acceptors (Lipinski definition) is 7. The van der Waals surface area contributed by atoms with Crippen molar-refractivity contribution in [3.63, 3.8) is 0 Å². The third kappa shape index (κ3) is 5.47. The fourth-order valence-corrected chi connectivity index (χ4v) is 2.49. The average molecular weight is 374 g/mol. The van der Waals surface area contributed by atoms with E-state index in [2.05, 4.69) is 27.8 Å². The van der Waals surface area contributed by atoms with Crippen LogP contribution in [0.2, 0.25) is 0 Å². The van der Waals surface area contributed by atoms with E-state index in [0.717, 1.165) is 19.3 Å². The highest BCUT2D eigenvalue weighted by atomic mass is 16.5. The van der Waals surface area contributed by atoms with Gasteiger partial charge in [-0.3, -0.25) is 4.79 Å². The lowest BCUT2D eigenvalue weighted by Gasteiger charge is -2.14. The van der Waals surface area contributed by atoms with Crippen molar-refractivity contribution in [3.8, 4) is 17.2 Å². The molecule has 0 saturated carbocycles. The van der Waals surface area contributed by atoms with E-state index in [4.69, 9.17) is 14.2 Å². The van der Waals surface area contributed by atoms with Gasteiger partial charge in [-0.25, -0.2) is 0 Å². The lowest BCUT2D eigenvalue weighted by atomic mass is 10.2. The quantitative estimate of drug-likeness (QED) is 0.617. The number of hydrogen-bond donors (Lipinski definition) is 2. The number of carbonyl (C=O) groups is 1. The monoisotopic (exact) mass is 374 g/mol. The highest BCUT2D eigenvalue weighted by Gasteiger charge is 2.14. The second-order valence-electron chi connectivity index (χ2n) is 5.81. The first-order valence-corrected chi connectivity index (χ1v) is 8.81. The van der Waals surface area contributed by atoms with Crippen molar-refractivity contribution >= 4 is 17.4 Å². The van der Waals surface area contributed by atoms with Crippen LogP contribution in [0.15, 0.2) is 24.3 Å². The molecule has 0 aliphatic rings. The fraction of sp³-hybridized carbons (Fsp3) is 0.421. The van der Waals surface area contributed by atoms with Crippen LogP contribution in [0.25, 0.3) is 0 Å². The predicted molar refractivity (Wildman–Crippen MR) is 103 cm³/mol. The van der Waals surface area contributed by atoms with Crippen molar-refractivity contribution in [3.05, 3.63) is 30.0 Å². The number of carbonyl (C=O) groups excluding carboxylic acids is 1. The zero-order valence-electron chi connectivity index (χ0n) is 16.2. The number of methoxy groups -OCH3 is 3. The van der Waals surface area contributed by atoms with Gasteiger partial charge >= 0.3 is 0 Å². The van der Waals surface area contributed by atoms with Crippen molar-refractivity contribution < 1.29 is 19.0 Å². The highest BCUT2D eigenvalue weighted by Crippen LogP contribution is 2.40. The molecule has 2 aromatic rings. The van der Waals surface area contributed by atoms with Gasteiger partial charge in [-0.15, -0.1) is 10.2 Å². The molecular formula is C19H26N4O4. The van der Waals surface area contributed by atoms with Gasteiger partial charge < -0.3 is 24.8 Å². The largest absolute Gasteiger partial charge is 0.493 e. The number of rotatable bonds is 10. The Labute approximate surface area is 159 Å². The fourth-order valence-electron chi connectivity index (χ4n) is 2.49. The number of unbranched alkanes of at least 4 members (excludes halogenated alkanes) is 2. The van der Waals surface area contributed by atoms with Crippen LogP contribution >= 0.6 is 0 Å². The third-order valence-electron chi connectivity index (χ3n) is 3.90. The van der Waals surface area contributed by atoms with E-state index in [0.29, 0.717) is 35.3 Å². The van der Waals surface area contributed by atoms with Gasteiger partial charge in [0.2, 0.25) is 5.75 Å². The van der Waals surface area contributed by atoms with Crippen LogP contribution in [-0.4, -0.2) is 44.0 Å². The summed E-state index contributed by atoms with van der Waals surface area (Å²) < 4.78 is 16.0. The molecule has 1 heterocycles. The Morgan fingerprint density at radius 2 is 1.70 bits per heavy atom. The van der Waals surface area contributed by atoms with E-state index in [1.165, 1.54) is 0 Å². The van der Waals surface area contributed by atoms with E-state index in [1.807, 2.05) is 0 Å². The molecule has 0 spiro atoms. The maximum Gasteiger partial charge on any atom is 0.271 e. The number of nitrogens with zero attached hydrogens (tertiary/aromatic N) is 2. The van der Waals surface area contributed by atoms with Gasteiger partial charge in [-0.1, -0.05) is 19.8 Å². The Morgan fingerprint density at radius 3 is 2.22 bits per heavy atom. The summed E-state index contributed by atoms with van der Waals surface area (Å²) in [5.74, 6) is 1.82. The minimum atomic E-state index is -0.224. The van der Waals surface area contributed by atoms with E-state index < -0.39 is 0 Å². The zero-order valence-corrected chi connectivity index (χ0v) is 16.2. The number of benzene rings is 1. The molecule has 0 aliphatic heterocycles. The molecular weight excluding hydrogens is 348 g/mol. The molecule has 0 bridgehead atoms. The van der Waals surface area contributed by atoms with Crippen LogP contribution in [0.5, 0.6) is 17.2 Å². The summed E-state index contributed by atoms with van der Waals surface area (Å²) in [5, 5.41) is 14.0. The van der Waals surface area contributed by atoms with Gasteiger partial charge in [-0.2, -0.15) is 0 Å². The molecule has 2 rings (SSSR count). The van der Waals surface area contributed by atoms with Gasteiger partial charge in [0.1, 0.15) is 0 Å². The van der Waals surface area contributed by atoms with Crippen LogP contribution in [-0.2, 0) is 0 Å².